The largest absolute Gasteiger partial charge is 0.402 e. The van der Waals surface area contributed by atoms with Gasteiger partial charge in [-0.15, -0.1) is 16.4 Å². The number of rotatable bonds is 6. The van der Waals surface area contributed by atoms with Gasteiger partial charge >= 0.3 is 6.01 Å². The fourth-order valence-corrected chi connectivity index (χ4v) is 5.57. The molecule has 4 heterocycles. The second kappa shape index (κ2) is 10.2. The highest BCUT2D eigenvalue weighted by atomic mass is 32.1. The molecule has 0 unspecified atom stereocenters. The molecule has 188 valence electrons. The van der Waals surface area contributed by atoms with Gasteiger partial charge in [-0.3, -0.25) is 9.79 Å². The van der Waals surface area contributed by atoms with Gasteiger partial charge in [-0.25, -0.2) is 4.98 Å². The number of thiazole rings is 1. The number of aliphatic imine (C=N–C) groups is 1. The van der Waals surface area contributed by atoms with Crippen molar-refractivity contribution in [2.45, 2.75) is 25.9 Å². The number of carbonyl (C=O) groups is 1. The summed E-state index contributed by atoms with van der Waals surface area (Å²) in [5, 5.41) is 13.5. The molecule has 0 amide bonds. The van der Waals surface area contributed by atoms with Crippen LogP contribution in [0.4, 0.5) is 11.0 Å². The number of nitrogens with zero attached hydrogens (tertiary/aromatic N) is 5. The number of nitrogens with one attached hydrogen (secondary N) is 1. The van der Waals surface area contributed by atoms with Gasteiger partial charge in [-0.2, -0.15) is 0 Å². The summed E-state index contributed by atoms with van der Waals surface area (Å²) in [5.74, 6) is 0.241. The number of ether oxygens (including phenoxy) is 1. The van der Waals surface area contributed by atoms with Crippen LogP contribution >= 0.6 is 11.3 Å². The summed E-state index contributed by atoms with van der Waals surface area (Å²) in [4.78, 5) is 25.1. The summed E-state index contributed by atoms with van der Waals surface area (Å²) >= 11 is 1.63. The van der Waals surface area contributed by atoms with E-state index in [-0.39, 0.29) is 18.2 Å². The molecule has 1 atom stereocenters. The predicted molar refractivity (Wildman–Crippen MR) is 142 cm³/mol. The molecule has 9 nitrogen and oxygen atoms in total. The van der Waals surface area contributed by atoms with Crippen LogP contribution < -0.4 is 10.2 Å². The first-order valence-electron chi connectivity index (χ1n) is 12.4. The number of ketones is 1. The summed E-state index contributed by atoms with van der Waals surface area (Å²) < 4.78 is 11.5. The summed E-state index contributed by atoms with van der Waals surface area (Å²) in [7, 11) is 0. The van der Waals surface area contributed by atoms with Crippen LogP contribution in [0.2, 0.25) is 0 Å². The second-order valence-corrected chi connectivity index (χ2v) is 9.88. The first-order valence-corrected chi connectivity index (χ1v) is 13.2. The van der Waals surface area contributed by atoms with Gasteiger partial charge in [0.05, 0.1) is 23.9 Å². The molecule has 2 aliphatic heterocycles. The predicted octanol–water partition coefficient (Wildman–Crippen LogP) is 3.99. The Bertz CT molecular complexity index is 1440. The molecular formula is C27H26N6O3S. The Balaban J connectivity index is 1.32. The Morgan fingerprint density at radius 2 is 1.84 bits per heavy atom. The SMILES string of the molecule is CCc1nc(-c2nnc(N[C@H]3N=C(c4ccccc4)c4ccccc4CC3=O)o2)c(N2CCOCC2)s1. The number of aromatic nitrogens is 3. The standard InChI is InChI=1S/C27H26N6O3S/c1-2-21-28-23(26(37-21)33-12-14-35-15-13-33)25-31-32-27(36-25)30-24-20(34)16-18-10-6-7-11-19(18)22(29-24)17-8-4-3-5-9-17/h3-11,24H,2,12-16H2,1H3,(H,30,32)/t24-/m1/s1. The molecule has 2 aliphatic rings. The smallest absolute Gasteiger partial charge is 0.317 e. The van der Waals surface area contributed by atoms with Crippen molar-refractivity contribution in [2.24, 2.45) is 4.99 Å². The molecule has 10 heteroatoms. The molecule has 0 spiro atoms. The molecule has 0 bridgehead atoms. The summed E-state index contributed by atoms with van der Waals surface area (Å²) in [6.07, 6.45) is 0.202. The zero-order valence-corrected chi connectivity index (χ0v) is 21.2. The van der Waals surface area contributed by atoms with Crippen molar-refractivity contribution in [3.8, 4) is 11.6 Å². The van der Waals surface area contributed by atoms with Crippen molar-refractivity contribution in [1.29, 1.82) is 0 Å². The van der Waals surface area contributed by atoms with Gasteiger partial charge < -0.3 is 19.4 Å². The van der Waals surface area contributed by atoms with Gasteiger partial charge in [0.2, 0.25) is 0 Å². The minimum atomic E-state index is -0.865. The van der Waals surface area contributed by atoms with Crippen molar-refractivity contribution in [3.05, 3.63) is 76.3 Å². The number of aryl methyl sites for hydroxylation is 1. The number of anilines is 2. The third-order valence-corrected chi connectivity index (χ3v) is 7.65. The van der Waals surface area contributed by atoms with Crippen LogP contribution in [0.5, 0.6) is 0 Å². The summed E-state index contributed by atoms with van der Waals surface area (Å²) in [5.41, 5.74) is 4.24. The van der Waals surface area contributed by atoms with E-state index < -0.39 is 6.17 Å². The Morgan fingerprint density at radius 1 is 1.05 bits per heavy atom. The number of Topliss-reactive ketones (excluding diaryl/α,β-unsaturated/α-hetero) is 1. The minimum Gasteiger partial charge on any atom is -0.402 e. The Morgan fingerprint density at radius 3 is 2.65 bits per heavy atom. The third-order valence-electron chi connectivity index (χ3n) is 6.39. The van der Waals surface area contributed by atoms with Gasteiger partial charge in [0, 0.05) is 30.6 Å². The first kappa shape index (κ1) is 23.5. The maximum absolute atomic E-state index is 13.2. The second-order valence-electron chi connectivity index (χ2n) is 8.82. The van der Waals surface area contributed by atoms with Gasteiger partial charge in [-0.1, -0.05) is 66.6 Å². The zero-order valence-electron chi connectivity index (χ0n) is 20.4. The van der Waals surface area contributed by atoms with E-state index in [1.165, 1.54) is 0 Å². The van der Waals surface area contributed by atoms with Crippen molar-refractivity contribution in [2.75, 3.05) is 36.5 Å². The molecule has 1 fully saturated rings. The van der Waals surface area contributed by atoms with E-state index in [9.17, 15) is 4.79 Å². The molecule has 6 rings (SSSR count). The van der Waals surface area contributed by atoms with Crippen LogP contribution in [0, 0.1) is 0 Å². The number of fused-ring (bicyclic) bond motifs is 1. The van der Waals surface area contributed by atoms with E-state index in [1.807, 2.05) is 54.6 Å². The Hall–Kier alpha value is -3.89. The zero-order chi connectivity index (χ0) is 25.2. The fraction of sp³-hybridized carbons (Fsp3) is 0.296. The maximum Gasteiger partial charge on any atom is 0.317 e. The molecule has 0 radical (unpaired) electrons. The number of benzene rings is 2. The molecule has 0 aliphatic carbocycles. The number of hydrogen-bond donors (Lipinski definition) is 1. The molecule has 37 heavy (non-hydrogen) atoms. The van der Waals surface area contributed by atoms with Gasteiger partial charge in [0.25, 0.3) is 5.89 Å². The lowest BCUT2D eigenvalue weighted by Crippen LogP contribution is -2.35. The number of hydrogen-bond acceptors (Lipinski definition) is 10. The highest BCUT2D eigenvalue weighted by Crippen LogP contribution is 2.37. The van der Waals surface area contributed by atoms with Crippen LogP contribution in [0.25, 0.3) is 11.6 Å². The summed E-state index contributed by atoms with van der Waals surface area (Å²) in [6, 6.07) is 17.9. The lowest BCUT2D eigenvalue weighted by molar-refractivity contribution is -0.119. The van der Waals surface area contributed by atoms with E-state index in [0.717, 1.165) is 51.9 Å². The molecular weight excluding hydrogens is 488 g/mol. The highest BCUT2D eigenvalue weighted by Gasteiger charge is 2.28. The van der Waals surface area contributed by atoms with Crippen LogP contribution in [-0.4, -0.2) is 59.1 Å². The Kier molecular flexibility index (Phi) is 6.50. The van der Waals surface area contributed by atoms with Crippen molar-refractivity contribution >= 4 is 33.8 Å². The van der Waals surface area contributed by atoms with E-state index in [0.29, 0.717) is 24.8 Å². The molecule has 1 N–H and O–H groups in total. The van der Waals surface area contributed by atoms with E-state index in [2.05, 4.69) is 27.3 Å². The first-order chi connectivity index (χ1) is 18.2. The average Bonchev–Trinajstić information content (AvgIpc) is 3.56. The van der Waals surface area contributed by atoms with Gasteiger partial charge in [0.1, 0.15) is 5.00 Å². The summed E-state index contributed by atoms with van der Waals surface area (Å²) in [6.45, 7) is 4.98. The van der Waals surface area contributed by atoms with E-state index in [1.54, 1.807) is 11.3 Å². The molecule has 1 saturated heterocycles. The average molecular weight is 515 g/mol. The van der Waals surface area contributed by atoms with E-state index >= 15 is 0 Å². The van der Waals surface area contributed by atoms with Crippen molar-refractivity contribution < 1.29 is 13.9 Å². The van der Waals surface area contributed by atoms with Crippen LogP contribution in [0.15, 0.2) is 64.0 Å². The van der Waals surface area contributed by atoms with Gasteiger partial charge in [0.15, 0.2) is 17.6 Å². The number of morpholine rings is 1. The Labute approximate surface area is 218 Å². The minimum absolute atomic E-state index is 0.0749. The monoisotopic (exact) mass is 514 g/mol. The van der Waals surface area contributed by atoms with Crippen LogP contribution in [0.3, 0.4) is 0 Å². The molecule has 0 saturated carbocycles. The lowest BCUT2D eigenvalue weighted by Gasteiger charge is -2.27. The van der Waals surface area contributed by atoms with Crippen molar-refractivity contribution in [3.63, 3.8) is 0 Å². The maximum atomic E-state index is 13.2. The van der Waals surface area contributed by atoms with Crippen molar-refractivity contribution in [1.82, 2.24) is 15.2 Å². The van der Waals surface area contributed by atoms with Gasteiger partial charge in [-0.05, 0) is 12.0 Å². The normalized spacial score (nSPS) is 17.8. The third kappa shape index (κ3) is 4.77. The topological polar surface area (TPSA) is 106 Å². The highest BCUT2D eigenvalue weighted by molar-refractivity contribution is 7.16. The quantitative estimate of drug-likeness (QED) is 0.412. The van der Waals surface area contributed by atoms with Crippen LogP contribution in [0.1, 0.15) is 28.6 Å². The molecule has 2 aromatic heterocycles. The molecule has 2 aromatic carbocycles. The number of carbonyl (C=O) groups excluding carboxylic acids is 1. The van der Waals surface area contributed by atoms with E-state index in [4.69, 9.17) is 19.1 Å². The molecule has 4 aromatic rings. The lowest BCUT2D eigenvalue weighted by atomic mass is 9.96. The fourth-order valence-electron chi connectivity index (χ4n) is 4.52. The van der Waals surface area contributed by atoms with Crippen LogP contribution in [-0.2, 0) is 22.4 Å².